The largest absolute Gasteiger partial charge is 0.481 e. The molecule has 0 amide bonds. The molecule has 0 aromatic heterocycles. The van der Waals surface area contributed by atoms with Gasteiger partial charge in [0.15, 0.2) is 0 Å². The van der Waals surface area contributed by atoms with Gasteiger partial charge < -0.3 is 24.1 Å². The molecule has 0 aromatic carbocycles. The van der Waals surface area contributed by atoms with Crippen LogP contribution < -0.4 is 0 Å². The van der Waals surface area contributed by atoms with Crippen LogP contribution in [0.25, 0.3) is 0 Å². The Labute approximate surface area is 271 Å². The van der Waals surface area contributed by atoms with E-state index in [1.807, 2.05) is 0 Å². The molecule has 45 heavy (non-hydrogen) atoms. The van der Waals surface area contributed by atoms with E-state index in [0.29, 0.717) is 76.4 Å². The summed E-state index contributed by atoms with van der Waals surface area (Å²) in [6.07, 6.45) is 12.7. The average Bonchev–Trinajstić information content (AvgIpc) is 3.02. The second kappa shape index (κ2) is 28.8. The number of carbonyl (C=O) groups excluding carboxylic acids is 4. The van der Waals surface area contributed by atoms with Crippen molar-refractivity contribution in [1.29, 1.82) is 0 Å². The zero-order valence-corrected chi connectivity index (χ0v) is 28.6. The molecule has 0 spiro atoms. The first-order valence-corrected chi connectivity index (χ1v) is 17.5. The summed E-state index contributed by atoms with van der Waals surface area (Å²) in [5.74, 6) is -2.93. The minimum Gasteiger partial charge on any atom is -0.481 e. The SMILES string of the molecule is CCCCC(CC)COC(=O)CCCCCOC(=O)CCC(CC(=O)OCCCCCC(=O)OCC(CC)CCCC)C(=O)O. The minimum absolute atomic E-state index is 0.0223. The second-order valence-corrected chi connectivity index (χ2v) is 12.0. The van der Waals surface area contributed by atoms with Crippen molar-refractivity contribution in [2.45, 2.75) is 150 Å². The van der Waals surface area contributed by atoms with Crippen LogP contribution in [0.4, 0.5) is 0 Å². The van der Waals surface area contributed by atoms with Gasteiger partial charge in [-0.3, -0.25) is 24.0 Å². The van der Waals surface area contributed by atoms with Crippen LogP contribution >= 0.6 is 0 Å². The molecule has 0 saturated heterocycles. The molecule has 0 radical (unpaired) electrons. The van der Waals surface area contributed by atoms with Gasteiger partial charge >= 0.3 is 29.8 Å². The fourth-order valence-electron chi connectivity index (χ4n) is 4.77. The lowest BCUT2D eigenvalue weighted by Crippen LogP contribution is -2.21. The first kappa shape index (κ1) is 42.3. The highest BCUT2D eigenvalue weighted by Crippen LogP contribution is 2.16. The molecule has 0 aromatic rings. The maximum atomic E-state index is 12.1. The number of esters is 4. The van der Waals surface area contributed by atoms with Crippen LogP contribution in [0.15, 0.2) is 0 Å². The highest BCUT2D eigenvalue weighted by molar-refractivity contribution is 5.79. The fourth-order valence-corrected chi connectivity index (χ4v) is 4.77. The minimum atomic E-state index is -1.17. The maximum Gasteiger partial charge on any atom is 0.307 e. The van der Waals surface area contributed by atoms with Crippen LogP contribution in [-0.4, -0.2) is 61.4 Å². The van der Waals surface area contributed by atoms with Gasteiger partial charge in [-0.15, -0.1) is 0 Å². The quantitative estimate of drug-likeness (QED) is 0.0473. The maximum absolute atomic E-state index is 12.1. The van der Waals surface area contributed by atoms with Crippen LogP contribution in [0.3, 0.4) is 0 Å². The van der Waals surface area contributed by atoms with Crippen LogP contribution in [0.1, 0.15) is 150 Å². The molecule has 0 aliphatic carbocycles. The Hall–Kier alpha value is -2.65. The van der Waals surface area contributed by atoms with Crippen molar-refractivity contribution in [2.24, 2.45) is 17.8 Å². The zero-order valence-electron chi connectivity index (χ0n) is 28.6. The second-order valence-electron chi connectivity index (χ2n) is 12.0. The van der Waals surface area contributed by atoms with Gasteiger partial charge in [0, 0.05) is 19.3 Å². The van der Waals surface area contributed by atoms with E-state index in [4.69, 9.17) is 18.9 Å². The van der Waals surface area contributed by atoms with E-state index in [1.165, 1.54) is 0 Å². The van der Waals surface area contributed by atoms with E-state index >= 15 is 0 Å². The van der Waals surface area contributed by atoms with E-state index in [-0.39, 0.29) is 44.4 Å². The smallest absolute Gasteiger partial charge is 0.307 e. The molecule has 0 heterocycles. The Morgan fingerprint density at radius 1 is 0.511 bits per heavy atom. The van der Waals surface area contributed by atoms with Gasteiger partial charge in [-0.25, -0.2) is 0 Å². The molecule has 0 bridgehead atoms. The first-order valence-electron chi connectivity index (χ1n) is 17.5. The summed E-state index contributed by atoms with van der Waals surface area (Å²) in [5, 5.41) is 9.46. The first-order chi connectivity index (χ1) is 21.7. The van der Waals surface area contributed by atoms with Crippen molar-refractivity contribution in [1.82, 2.24) is 0 Å². The molecule has 0 fully saturated rings. The van der Waals surface area contributed by atoms with E-state index in [2.05, 4.69) is 27.7 Å². The summed E-state index contributed by atoms with van der Waals surface area (Å²) in [7, 11) is 0. The van der Waals surface area contributed by atoms with Crippen LogP contribution in [-0.2, 0) is 42.9 Å². The summed E-state index contributed by atoms with van der Waals surface area (Å²) in [4.78, 5) is 59.7. The Morgan fingerprint density at radius 3 is 1.38 bits per heavy atom. The molecule has 262 valence electrons. The number of hydrogen-bond donors (Lipinski definition) is 1. The van der Waals surface area contributed by atoms with Gasteiger partial charge in [0.1, 0.15) is 0 Å². The Kier molecular flexibility index (Phi) is 27.1. The Bertz CT molecular complexity index is 812. The zero-order chi connectivity index (χ0) is 33.7. The summed E-state index contributed by atoms with van der Waals surface area (Å²) in [5.41, 5.74) is 0. The van der Waals surface area contributed by atoms with Crippen molar-refractivity contribution in [3.8, 4) is 0 Å². The third kappa shape index (κ3) is 25.3. The molecule has 10 nitrogen and oxygen atoms in total. The standard InChI is InChI=1S/C35H62O10/c1-5-9-17-28(7-3)26-44-31(36)19-13-11-15-23-42-33(38)22-21-30(35(40)41)25-34(39)43-24-16-12-14-20-32(37)45-27-29(8-4)18-10-6-2/h28-30H,5-27H2,1-4H3,(H,40,41). The third-order valence-electron chi connectivity index (χ3n) is 8.08. The molecular weight excluding hydrogens is 580 g/mol. The van der Waals surface area contributed by atoms with Crippen molar-refractivity contribution >= 4 is 29.8 Å². The van der Waals surface area contributed by atoms with Crippen molar-refractivity contribution in [3.05, 3.63) is 0 Å². The number of carboxylic acid groups (broad SMARTS) is 1. The van der Waals surface area contributed by atoms with Crippen LogP contribution in [0, 0.1) is 17.8 Å². The average molecular weight is 643 g/mol. The van der Waals surface area contributed by atoms with Gasteiger partial charge in [-0.05, 0) is 69.6 Å². The van der Waals surface area contributed by atoms with Gasteiger partial charge in [0.25, 0.3) is 0 Å². The highest BCUT2D eigenvalue weighted by atomic mass is 16.5. The van der Waals surface area contributed by atoms with Gasteiger partial charge in [0.2, 0.25) is 0 Å². The van der Waals surface area contributed by atoms with E-state index in [0.717, 1.165) is 51.4 Å². The lowest BCUT2D eigenvalue weighted by molar-refractivity contribution is -0.153. The summed E-state index contributed by atoms with van der Waals surface area (Å²) < 4.78 is 21.1. The molecule has 3 unspecified atom stereocenters. The third-order valence-corrected chi connectivity index (χ3v) is 8.08. The highest BCUT2D eigenvalue weighted by Gasteiger charge is 2.23. The summed E-state index contributed by atoms with van der Waals surface area (Å²) >= 11 is 0. The van der Waals surface area contributed by atoms with Gasteiger partial charge in [0.05, 0.1) is 38.8 Å². The number of rotatable bonds is 30. The van der Waals surface area contributed by atoms with Crippen LogP contribution in [0.2, 0.25) is 0 Å². The normalized spacial score (nSPS) is 13.0. The number of carboxylic acids is 1. The van der Waals surface area contributed by atoms with Crippen LogP contribution in [0.5, 0.6) is 0 Å². The summed E-state index contributed by atoms with van der Waals surface area (Å²) in [6.45, 7) is 9.78. The summed E-state index contributed by atoms with van der Waals surface area (Å²) in [6, 6.07) is 0. The van der Waals surface area contributed by atoms with Crippen molar-refractivity contribution < 1.29 is 48.0 Å². The van der Waals surface area contributed by atoms with Gasteiger partial charge in [-0.2, -0.15) is 0 Å². The Morgan fingerprint density at radius 2 is 0.956 bits per heavy atom. The monoisotopic (exact) mass is 642 g/mol. The molecule has 1 N–H and O–H groups in total. The predicted octanol–water partition coefficient (Wildman–Crippen LogP) is 7.58. The Balaban J connectivity index is 3.97. The topological polar surface area (TPSA) is 142 Å². The lowest BCUT2D eigenvalue weighted by atomic mass is 10.00. The molecule has 10 heteroatoms. The molecule has 3 atom stereocenters. The molecule has 0 rings (SSSR count). The molecule has 0 aliphatic rings. The van der Waals surface area contributed by atoms with E-state index < -0.39 is 23.8 Å². The molecular formula is C35H62O10. The number of carbonyl (C=O) groups is 5. The van der Waals surface area contributed by atoms with E-state index in [1.54, 1.807) is 0 Å². The number of hydrogen-bond acceptors (Lipinski definition) is 9. The van der Waals surface area contributed by atoms with E-state index in [9.17, 15) is 29.1 Å². The number of unbranched alkanes of at least 4 members (excludes halogenated alkanes) is 6. The number of aliphatic carboxylic acids is 1. The molecule has 0 aliphatic heterocycles. The molecule has 0 saturated carbocycles. The van der Waals surface area contributed by atoms with Gasteiger partial charge in [-0.1, -0.05) is 66.2 Å². The predicted molar refractivity (Wildman–Crippen MR) is 172 cm³/mol. The fraction of sp³-hybridized carbons (Fsp3) is 0.857. The number of ether oxygens (including phenoxy) is 4. The van der Waals surface area contributed by atoms with Crippen molar-refractivity contribution in [3.63, 3.8) is 0 Å². The van der Waals surface area contributed by atoms with Crippen molar-refractivity contribution in [2.75, 3.05) is 26.4 Å². The lowest BCUT2D eigenvalue weighted by Gasteiger charge is -2.14.